The summed E-state index contributed by atoms with van der Waals surface area (Å²) >= 11 is 2.23. The van der Waals surface area contributed by atoms with E-state index < -0.39 is 0 Å². The molecule has 0 bridgehead atoms. The first kappa shape index (κ1) is 13.9. The number of anilines is 1. The first-order valence-corrected chi connectivity index (χ1v) is 7.08. The van der Waals surface area contributed by atoms with Crippen molar-refractivity contribution in [3.8, 4) is 0 Å². The van der Waals surface area contributed by atoms with Crippen LogP contribution < -0.4 is 5.32 Å². The SMILES string of the molecule is CCc1nnc(C)cc1C(=O)Nc1ccc(I)cc1. The average Bonchev–Trinajstić information content (AvgIpc) is 2.41. The molecule has 0 aliphatic heterocycles. The summed E-state index contributed by atoms with van der Waals surface area (Å²) in [6, 6.07) is 9.44. The Morgan fingerprint density at radius 1 is 1.26 bits per heavy atom. The number of halogens is 1. The molecular formula is C14H14IN3O. The minimum atomic E-state index is -0.143. The second-order valence-electron chi connectivity index (χ2n) is 4.16. The third-order valence-corrected chi connectivity index (χ3v) is 3.39. The van der Waals surface area contributed by atoms with E-state index in [1.807, 2.05) is 38.1 Å². The number of hydrogen-bond donors (Lipinski definition) is 1. The van der Waals surface area contributed by atoms with E-state index in [9.17, 15) is 4.79 Å². The fraction of sp³-hybridized carbons (Fsp3) is 0.214. The third-order valence-electron chi connectivity index (χ3n) is 2.67. The van der Waals surface area contributed by atoms with Gasteiger partial charge in [-0.05, 0) is 66.3 Å². The molecule has 1 N–H and O–H groups in total. The number of amides is 1. The van der Waals surface area contributed by atoms with Crippen molar-refractivity contribution in [2.24, 2.45) is 0 Å². The van der Waals surface area contributed by atoms with Gasteiger partial charge in [-0.15, -0.1) is 0 Å². The van der Waals surface area contributed by atoms with Crippen LogP contribution in [-0.2, 0) is 6.42 Å². The van der Waals surface area contributed by atoms with Crippen LogP contribution in [0.4, 0.5) is 5.69 Å². The zero-order valence-corrected chi connectivity index (χ0v) is 12.9. The average molecular weight is 367 g/mol. The molecule has 0 aliphatic carbocycles. The van der Waals surface area contributed by atoms with Crippen molar-refractivity contribution in [1.82, 2.24) is 10.2 Å². The molecule has 0 aliphatic rings. The summed E-state index contributed by atoms with van der Waals surface area (Å²) in [6.07, 6.45) is 0.683. The highest BCUT2D eigenvalue weighted by Crippen LogP contribution is 2.14. The topological polar surface area (TPSA) is 54.9 Å². The maximum absolute atomic E-state index is 12.3. The molecule has 1 amide bonds. The molecule has 98 valence electrons. The van der Waals surface area contributed by atoms with Crippen molar-refractivity contribution in [3.05, 3.63) is 50.9 Å². The molecule has 0 saturated carbocycles. The Bertz CT molecular complexity index is 596. The summed E-state index contributed by atoms with van der Waals surface area (Å²) in [6.45, 7) is 3.79. The Labute approximate surface area is 125 Å². The molecule has 0 unspecified atom stereocenters. The molecule has 0 fully saturated rings. The summed E-state index contributed by atoms with van der Waals surface area (Å²) in [5, 5.41) is 10.9. The van der Waals surface area contributed by atoms with Crippen LogP contribution >= 0.6 is 22.6 Å². The van der Waals surface area contributed by atoms with Crippen LogP contribution in [0.25, 0.3) is 0 Å². The van der Waals surface area contributed by atoms with E-state index in [1.165, 1.54) is 0 Å². The van der Waals surface area contributed by atoms with Gasteiger partial charge < -0.3 is 5.32 Å². The van der Waals surface area contributed by atoms with Crippen LogP contribution in [0.2, 0.25) is 0 Å². The number of nitrogens with zero attached hydrogens (tertiary/aromatic N) is 2. The molecule has 5 heteroatoms. The first-order chi connectivity index (χ1) is 9.10. The molecule has 19 heavy (non-hydrogen) atoms. The molecular weight excluding hydrogens is 353 g/mol. The number of benzene rings is 1. The zero-order chi connectivity index (χ0) is 13.8. The van der Waals surface area contributed by atoms with Crippen molar-refractivity contribution in [1.29, 1.82) is 0 Å². The van der Waals surface area contributed by atoms with E-state index in [4.69, 9.17) is 0 Å². The molecule has 4 nitrogen and oxygen atoms in total. The van der Waals surface area contributed by atoms with Gasteiger partial charge in [-0.2, -0.15) is 10.2 Å². The molecule has 2 rings (SSSR count). The number of carbonyl (C=O) groups excluding carboxylic acids is 1. The van der Waals surface area contributed by atoms with E-state index in [0.29, 0.717) is 17.7 Å². The Morgan fingerprint density at radius 3 is 2.58 bits per heavy atom. The van der Waals surface area contributed by atoms with Gasteiger partial charge in [-0.3, -0.25) is 4.79 Å². The highest BCUT2D eigenvalue weighted by molar-refractivity contribution is 14.1. The van der Waals surface area contributed by atoms with E-state index in [2.05, 4.69) is 38.1 Å². The fourth-order valence-corrected chi connectivity index (χ4v) is 2.06. The van der Waals surface area contributed by atoms with Crippen LogP contribution in [-0.4, -0.2) is 16.1 Å². The van der Waals surface area contributed by atoms with Gasteiger partial charge in [-0.25, -0.2) is 0 Å². The van der Waals surface area contributed by atoms with Crippen LogP contribution in [0, 0.1) is 10.5 Å². The van der Waals surface area contributed by atoms with Gasteiger partial charge in [0.25, 0.3) is 5.91 Å². The lowest BCUT2D eigenvalue weighted by atomic mass is 10.1. The largest absolute Gasteiger partial charge is 0.322 e. The second-order valence-corrected chi connectivity index (χ2v) is 5.41. The minimum Gasteiger partial charge on any atom is -0.322 e. The molecule has 1 aromatic carbocycles. The van der Waals surface area contributed by atoms with Crippen molar-refractivity contribution in [2.75, 3.05) is 5.32 Å². The van der Waals surface area contributed by atoms with Gasteiger partial charge in [-0.1, -0.05) is 6.92 Å². The number of nitrogens with one attached hydrogen (secondary N) is 1. The summed E-state index contributed by atoms with van der Waals surface area (Å²) in [7, 11) is 0. The lowest BCUT2D eigenvalue weighted by Crippen LogP contribution is -2.16. The van der Waals surface area contributed by atoms with E-state index in [0.717, 1.165) is 15.0 Å². The predicted octanol–water partition coefficient (Wildman–Crippen LogP) is 3.20. The lowest BCUT2D eigenvalue weighted by Gasteiger charge is -2.08. The van der Waals surface area contributed by atoms with Crippen molar-refractivity contribution in [3.63, 3.8) is 0 Å². The van der Waals surface area contributed by atoms with Gasteiger partial charge in [0.15, 0.2) is 0 Å². The highest BCUT2D eigenvalue weighted by Gasteiger charge is 2.13. The molecule has 1 heterocycles. The Balaban J connectivity index is 2.24. The van der Waals surface area contributed by atoms with Crippen molar-refractivity contribution in [2.45, 2.75) is 20.3 Å². The van der Waals surface area contributed by atoms with E-state index in [1.54, 1.807) is 6.07 Å². The molecule has 0 spiro atoms. The number of hydrogen-bond acceptors (Lipinski definition) is 3. The number of aromatic nitrogens is 2. The quantitative estimate of drug-likeness (QED) is 0.848. The molecule has 1 aromatic heterocycles. The second kappa shape index (κ2) is 6.10. The smallest absolute Gasteiger partial charge is 0.257 e. The zero-order valence-electron chi connectivity index (χ0n) is 10.8. The van der Waals surface area contributed by atoms with Gasteiger partial charge in [0.1, 0.15) is 0 Å². The van der Waals surface area contributed by atoms with Gasteiger partial charge in [0.2, 0.25) is 0 Å². The normalized spacial score (nSPS) is 10.3. The Hall–Kier alpha value is -1.50. The summed E-state index contributed by atoms with van der Waals surface area (Å²) in [5.41, 5.74) is 2.83. The van der Waals surface area contributed by atoms with Crippen LogP contribution in [0.15, 0.2) is 30.3 Å². The van der Waals surface area contributed by atoms with Gasteiger partial charge in [0, 0.05) is 9.26 Å². The number of carbonyl (C=O) groups is 1. The first-order valence-electron chi connectivity index (χ1n) is 6.00. The minimum absolute atomic E-state index is 0.143. The van der Waals surface area contributed by atoms with E-state index in [-0.39, 0.29) is 5.91 Å². The fourth-order valence-electron chi connectivity index (χ4n) is 1.70. The highest BCUT2D eigenvalue weighted by atomic mass is 127. The van der Waals surface area contributed by atoms with Crippen LogP contribution in [0.3, 0.4) is 0 Å². The number of rotatable bonds is 3. The van der Waals surface area contributed by atoms with Crippen molar-refractivity contribution >= 4 is 34.2 Å². The Morgan fingerprint density at radius 2 is 1.95 bits per heavy atom. The Kier molecular flexibility index (Phi) is 4.47. The maximum atomic E-state index is 12.3. The monoisotopic (exact) mass is 367 g/mol. The lowest BCUT2D eigenvalue weighted by molar-refractivity contribution is 0.102. The molecule has 2 aromatic rings. The maximum Gasteiger partial charge on any atom is 0.257 e. The predicted molar refractivity (Wildman–Crippen MR) is 83.3 cm³/mol. The molecule has 0 radical (unpaired) electrons. The summed E-state index contributed by atoms with van der Waals surface area (Å²) in [4.78, 5) is 12.3. The molecule has 0 atom stereocenters. The van der Waals surface area contributed by atoms with Gasteiger partial charge >= 0.3 is 0 Å². The van der Waals surface area contributed by atoms with Crippen LogP contribution in [0.1, 0.15) is 28.7 Å². The van der Waals surface area contributed by atoms with E-state index >= 15 is 0 Å². The third kappa shape index (κ3) is 3.50. The standard InChI is InChI=1S/C14H14IN3O/c1-3-13-12(8-9(2)17-18-13)14(19)16-11-6-4-10(15)5-7-11/h4-8H,3H2,1-2H3,(H,16,19). The van der Waals surface area contributed by atoms with Crippen LogP contribution in [0.5, 0.6) is 0 Å². The van der Waals surface area contributed by atoms with Gasteiger partial charge in [0.05, 0.1) is 17.0 Å². The number of aryl methyl sites for hydroxylation is 2. The summed E-state index contributed by atoms with van der Waals surface area (Å²) in [5.74, 6) is -0.143. The summed E-state index contributed by atoms with van der Waals surface area (Å²) < 4.78 is 1.13. The van der Waals surface area contributed by atoms with Crippen molar-refractivity contribution < 1.29 is 4.79 Å². The molecule has 0 saturated heterocycles.